The predicted molar refractivity (Wildman–Crippen MR) is 113 cm³/mol. The number of nitrogens with zero attached hydrogens (tertiary/aromatic N) is 1. The first-order valence-electron chi connectivity index (χ1n) is 9.40. The summed E-state index contributed by atoms with van der Waals surface area (Å²) >= 11 is 1.77. The Morgan fingerprint density at radius 1 is 1.11 bits per heavy atom. The van der Waals surface area contributed by atoms with Crippen molar-refractivity contribution < 1.29 is 9.53 Å². The first-order valence-corrected chi connectivity index (χ1v) is 10.4. The van der Waals surface area contributed by atoms with Crippen LogP contribution in [0, 0.1) is 0 Å². The largest absolute Gasteiger partial charge is 0.484 e. The van der Waals surface area contributed by atoms with Crippen LogP contribution in [0.5, 0.6) is 5.75 Å². The number of amides is 1. The van der Waals surface area contributed by atoms with Gasteiger partial charge in [0.1, 0.15) is 5.75 Å². The van der Waals surface area contributed by atoms with Gasteiger partial charge in [0.25, 0.3) is 5.91 Å². The summed E-state index contributed by atoms with van der Waals surface area (Å²) in [5.41, 5.74) is 2.52. The molecule has 0 saturated heterocycles. The average molecular weight is 383 g/mol. The maximum atomic E-state index is 12.0. The molecule has 0 unspecified atom stereocenters. The second-order valence-corrected chi connectivity index (χ2v) is 7.42. The van der Waals surface area contributed by atoms with Crippen LogP contribution >= 0.6 is 11.8 Å². The van der Waals surface area contributed by atoms with Gasteiger partial charge in [0.15, 0.2) is 6.61 Å². The van der Waals surface area contributed by atoms with E-state index in [1.54, 1.807) is 11.8 Å². The SMILES string of the molecule is CCc1ccc(OCC(=O)NCCSc2cn(CC)c3ccccc23)cc1. The Balaban J connectivity index is 1.42. The summed E-state index contributed by atoms with van der Waals surface area (Å²) in [6.45, 7) is 5.88. The Hall–Kier alpha value is -2.40. The van der Waals surface area contributed by atoms with Crippen LogP contribution in [0.3, 0.4) is 0 Å². The number of ether oxygens (including phenoxy) is 1. The van der Waals surface area contributed by atoms with E-state index in [0.717, 1.165) is 24.5 Å². The number of carbonyl (C=O) groups is 1. The van der Waals surface area contributed by atoms with E-state index in [-0.39, 0.29) is 12.5 Å². The van der Waals surface area contributed by atoms with Crippen LogP contribution in [0.25, 0.3) is 10.9 Å². The lowest BCUT2D eigenvalue weighted by Gasteiger charge is -2.08. The van der Waals surface area contributed by atoms with E-state index in [1.807, 2.05) is 24.3 Å². The Kier molecular flexibility index (Phi) is 6.82. The van der Waals surface area contributed by atoms with Gasteiger partial charge in [-0.3, -0.25) is 4.79 Å². The van der Waals surface area contributed by atoms with E-state index >= 15 is 0 Å². The molecular weight excluding hydrogens is 356 g/mol. The number of carbonyl (C=O) groups excluding carboxylic acids is 1. The third-order valence-electron chi connectivity index (χ3n) is 4.48. The number of nitrogens with one attached hydrogen (secondary N) is 1. The third kappa shape index (κ3) is 5.07. The number of rotatable bonds is 9. The summed E-state index contributed by atoms with van der Waals surface area (Å²) in [5, 5.41) is 4.20. The van der Waals surface area contributed by atoms with Crippen molar-refractivity contribution >= 4 is 28.6 Å². The number of fused-ring (bicyclic) bond motifs is 1. The molecule has 0 bridgehead atoms. The van der Waals surface area contributed by atoms with Crippen LogP contribution in [-0.4, -0.2) is 29.4 Å². The molecule has 4 nitrogen and oxygen atoms in total. The van der Waals surface area contributed by atoms with Crippen molar-refractivity contribution in [3.63, 3.8) is 0 Å². The zero-order valence-corrected chi connectivity index (χ0v) is 16.7. The van der Waals surface area contributed by atoms with Gasteiger partial charge >= 0.3 is 0 Å². The lowest BCUT2D eigenvalue weighted by Crippen LogP contribution is -2.30. The molecule has 0 atom stereocenters. The van der Waals surface area contributed by atoms with E-state index < -0.39 is 0 Å². The molecule has 142 valence electrons. The summed E-state index contributed by atoms with van der Waals surface area (Å²) < 4.78 is 7.79. The fourth-order valence-electron chi connectivity index (χ4n) is 2.96. The van der Waals surface area contributed by atoms with Crippen LogP contribution in [0.1, 0.15) is 19.4 Å². The lowest BCUT2D eigenvalue weighted by atomic mass is 10.2. The first-order chi connectivity index (χ1) is 13.2. The highest BCUT2D eigenvalue weighted by Gasteiger charge is 2.08. The minimum absolute atomic E-state index is 0.0469. The topological polar surface area (TPSA) is 43.3 Å². The number of para-hydroxylation sites is 1. The summed E-state index contributed by atoms with van der Waals surface area (Å²) in [7, 11) is 0. The Morgan fingerprint density at radius 2 is 1.89 bits per heavy atom. The molecule has 0 spiro atoms. The zero-order valence-electron chi connectivity index (χ0n) is 15.9. The maximum Gasteiger partial charge on any atom is 0.257 e. The van der Waals surface area contributed by atoms with Gasteiger partial charge in [0, 0.05) is 40.8 Å². The van der Waals surface area contributed by atoms with Crippen LogP contribution in [0.4, 0.5) is 0 Å². The van der Waals surface area contributed by atoms with Crippen molar-refractivity contribution in [1.29, 1.82) is 0 Å². The first kappa shape index (κ1) is 19.4. The molecule has 0 radical (unpaired) electrons. The summed E-state index contributed by atoms with van der Waals surface area (Å²) in [6.07, 6.45) is 3.19. The highest BCUT2D eigenvalue weighted by Crippen LogP contribution is 2.29. The lowest BCUT2D eigenvalue weighted by molar-refractivity contribution is -0.122. The van der Waals surface area contributed by atoms with Crippen molar-refractivity contribution in [2.24, 2.45) is 0 Å². The van der Waals surface area contributed by atoms with Crippen molar-refractivity contribution in [3.8, 4) is 5.75 Å². The van der Waals surface area contributed by atoms with Crippen LogP contribution in [0.2, 0.25) is 0 Å². The van der Waals surface area contributed by atoms with Gasteiger partial charge in [-0.1, -0.05) is 37.3 Å². The Morgan fingerprint density at radius 3 is 2.63 bits per heavy atom. The molecule has 0 aliphatic rings. The highest BCUT2D eigenvalue weighted by atomic mass is 32.2. The van der Waals surface area contributed by atoms with Crippen LogP contribution in [0.15, 0.2) is 59.6 Å². The molecule has 3 aromatic rings. The Labute approximate surface area is 164 Å². The van der Waals surface area contributed by atoms with E-state index in [1.165, 1.54) is 21.4 Å². The molecular formula is C22H26N2O2S. The minimum atomic E-state index is -0.0915. The molecule has 5 heteroatoms. The van der Waals surface area contributed by atoms with E-state index in [9.17, 15) is 4.79 Å². The van der Waals surface area contributed by atoms with Gasteiger partial charge in [-0.25, -0.2) is 0 Å². The van der Waals surface area contributed by atoms with Crippen molar-refractivity contribution in [2.75, 3.05) is 18.9 Å². The summed E-state index contributed by atoms with van der Waals surface area (Å²) in [6, 6.07) is 16.3. The molecule has 1 aromatic heterocycles. The molecule has 0 fully saturated rings. The second-order valence-electron chi connectivity index (χ2n) is 6.28. The number of thioether (sulfide) groups is 1. The quantitative estimate of drug-likeness (QED) is 0.437. The number of benzene rings is 2. The Bertz CT molecular complexity index is 887. The van der Waals surface area contributed by atoms with Gasteiger partial charge in [-0.2, -0.15) is 0 Å². The molecule has 1 N–H and O–H groups in total. The molecule has 1 amide bonds. The van der Waals surface area contributed by atoms with Crippen molar-refractivity contribution in [2.45, 2.75) is 31.7 Å². The number of hydrogen-bond donors (Lipinski definition) is 1. The van der Waals surface area contributed by atoms with Crippen LogP contribution < -0.4 is 10.1 Å². The van der Waals surface area contributed by atoms with Crippen molar-refractivity contribution in [1.82, 2.24) is 9.88 Å². The van der Waals surface area contributed by atoms with E-state index in [0.29, 0.717) is 6.54 Å². The van der Waals surface area contributed by atoms with Gasteiger partial charge in [-0.05, 0) is 37.1 Å². The van der Waals surface area contributed by atoms with Gasteiger partial charge in [-0.15, -0.1) is 11.8 Å². The molecule has 27 heavy (non-hydrogen) atoms. The van der Waals surface area contributed by atoms with Gasteiger partial charge in [0.2, 0.25) is 0 Å². The fourth-order valence-corrected chi connectivity index (χ4v) is 3.92. The number of hydrogen-bond acceptors (Lipinski definition) is 3. The van der Waals surface area contributed by atoms with Crippen LogP contribution in [-0.2, 0) is 17.8 Å². The minimum Gasteiger partial charge on any atom is -0.484 e. The second kappa shape index (κ2) is 9.51. The predicted octanol–water partition coefficient (Wildman–Crippen LogP) is 4.51. The molecule has 0 aliphatic carbocycles. The zero-order chi connectivity index (χ0) is 19.1. The monoisotopic (exact) mass is 382 g/mol. The average Bonchev–Trinajstić information content (AvgIpc) is 3.08. The highest BCUT2D eigenvalue weighted by molar-refractivity contribution is 7.99. The van der Waals surface area contributed by atoms with Gasteiger partial charge < -0.3 is 14.6 Å². The maximum absolute atomic E-state index is 12.0. The standard InChI is InChI=1S/C22H26N2O2S/c1-3-17-9-11-18(12-10-17)26-16-22(25)23-13-14-27-21-15-24(4-2)20-8-6-5-7-19(20)21/h5-12,15H,3-4,13-14,16H2,1-2H3,(H,23,25). The van der Waals surface area contributed by atoms with E-state index in [2.05, 4.69) is 54.2 Å². The molecule has 0 saturated carbocycles. The third-order valence-corrected chi connectivity index (χ3v) is 5.52. The number of aryl methyl sites for hydroxylation is 2. The van der Waals surface area contributed by atoms with Crippen molar-refractivity contribution in [3.05, 3.63) is 60.3 Å². The number of aromatic nitrogens is 1. The normalized spacial score (nSPS) is 10.9. The van der Waals surface area contributed by atoms with E-state index in [4.69, 9.17) is 4.74 Å². The summed E-state index contributed by atoms with van der Waals surface area (Å²) in [5.74, 6) is 1.46. The molecule has 1 heterocycles. The summed E-state index contributed by atoms with van der Waals surface area (Å²) in [4.78, 5) is 13.2. The molecule has 3 rings (SSSR count). The smallest absolute Gasteiger partial charge is 0.257 e. The molecule has 0 aliphatic heterocycles. The molecule has 2 aromatic carbocycles. The van der Waals surface area contributed by atoms with Gasteiger partial charge in [0.05, 0.1) is 0 Å². The fraction of sp³-hybridized carbons (Fsp3) is 0.318.